The van der Waals surface area contributed by atoms with Gasteiger partial charge in [-0.3, -0.25) is 0 Å². The summed E-state index contributed by atoms with van der Waals surface area (Å²) >= 11 is 0. The lowest BCUT2D eigenvalue weighted by Crippen LogP contribution is -2.26. The fraction of sp³-hybridized carbons (Fsp3) is 0.357. The largest absolute Gasteiger partial charge is 0.478 e. The van der Waals surface area contributed by atoms with Crippen molar-refractivity contribution in [2.75, 3.05) is 5.75 Å². The van der Waals surface area contributed by atoms with Crippen LogP contribution < -0.4 is 4.72 Å². The van der Waals surface area contributed by atoms with Crippen molar-refractivity contribution in [1.82, 2.24) is 4.72 Å². The Labute approximate surface area is 118 Å². The third-order valence-corrected chi connectivity index (χ3v) is 4.51. The predicted molar refractivity (Wildman–Crippen MR) is 76.5 cm³/mol. The molecule has 5 nitrogen and oxygen atoms in total. The molecule has 108 valence electrons. The normalized spacial score (nSPS) is 15.6. The fourth-order valence-corrected chi connectivity index (χ4v) is 3.28. The molecule has 1 aliphatic rings. The molecule has 0 atom stereocenters. The number of rotatable bonds is 7. The van der Waals surface area contributed by atoms with Gasteiger partial charge in [0.15, 0.2) is 0 Å². The molecule has 0 radical (unpaired) electrons. The highest BCUT2D eigenvalue weighted by atomic mass is 32.2. The van der Waals surface area contributed by atoms with Gasteiger partial charge < -0.3 is 5.11 Å². The van der Waals surface area contributed by atoms with E-state index < -0.39 is 16.0 Å². The number of carbonyl (C=O) groups is 1. The summed E-state index contributed by atoms with van der Waals surface area (Å²) in [5.74, 6) is -0.496. The number of carboxylic acid groups (broad SMARTS) is 1. The second-order valence-corrected chi connectivity index (χ2v) is 6.81. The SMILES string of the molecule is O=C(O)C=Cc1cccc(CNS(=O)(=O)CC2CC2)c1. The molecule has 2 rings (SSSR count). The van der Waals surface area contributed by atoms with E-state index in [1.165, 1.54) is 6.08 Å². The van der Waals surface area contributed by atoms with Crippen LogP contribution in [0.1, 0.15) is 24.0 Å². The number of aliphatic carboxylic acids is 1. The first-order valence-electron chi connectivity index (χ1n) is 6.42. The average Bonchev–Trinajstić information content (AvgIpc) is 3.18. The fourth-order valence-electron chi connectivity index (χ4n) is 1.82. The van der Waals surface area contributed by atoms with E-state index in [0.29, 0.717) is 5.92 Å². The highest BCUT2D eigenvalue weighted by molar-refractivity contribution is 7.89. The molecule has 0 heterocycles. The first-order valence-corrected chi connectivity index (χ1v) is 8.07. The van der Waals surface area contributed by atoms with E-state index in [-0.39, 0.29) is 12.3 Å². The van der Waals surface area contributed by atoms with Gasteiger partial charge in [0.1, 0.15) is 0 Å². The van der Waals surface area contributed by atoms with Crippen LogP contribution in [0, 0.1) is 5.92 Å². The molecule has 0 aliphatic heterocycles. The zero-order chi connectivity index (χ0) is 14.6. The van der Waals surface area contributed by atoms with Gasteiger partial charge >= 0.3 is 5.97 Å². The van der Waals surface area contributed by atoms with Crippen LogP contribution in [0.5, 0.6) is 0 Å². The lowest BCUT2D eigenvalue weighted by Gasteiger charge is -2.06. The summed E-state index contributed by atoms with van der Waals surface area (Å²) in [6, 6.07) is 7.10. The summed E-state index contributed by atoms with van der Waals surface area (Å²) in [6.45, 7) is 0.226. The molecule has 6 heteroatoms. The second kappa shape index (κ2) is 6.19. The number of benzene rings is 1. The standard InChI is InChI=1S/C14H17NO4S/c16-14(17)7-6-11-2-1-3-13(8-11)9-15-20(18,19)10-12-4-5-12/h1-3,6-8,12,15H,4-5,9-10H2,(H,16,17). The van der Waals surface area contributed by atoms with Crippen LogP contribution in [0.2, 0.25) is 0 Å². The summed E-state index contributed by atoms with van der Waals surface area (Å²) in [5, 5.41) is 8.57. The highest BCUT2D eigenvalue weighted by Gasteiger charge is 2.27. The molecule has 0 amide bonds. The molecule has 1 saturated carbocycles. The smallest absolute Gasteiger partial charge is 0.328 e. The third kappa shape index (κ3) is 5.14. The lowest BCUT2D eigenvalue weighted by molar-refractivity contribution is -0.131. The quantitative estimate of drug-likeness (QED) is 0.749. The molecule has 20 heavy (non-hydrogen) atoms. The summed E-state index contributed by atoms with van der Waals surface area (Å²) in [4.78, 5) is 10.4. The monoisotopic (exact) mass is 295 g/mol. The molecule has 1 aliphatic carbocycles. The Hall–Kier alpha value is -1.66. The number of sulfonamides is 1. The minimum Gasteiger partial charge on any atom is -0.478 e. The van der Waals surface area contributed by atoms with Gasteiger partial charge in [0.05, 0.1) is 5.75 Å². The van der Waals surface area contributed by atoms with E-state index in [2.05, 4.69) is 4.72 Å². The maximum Gasteiger partial charge on any atom is 0.328 e. The Morgan fingerprint density at radius 2 is 2.15 bits per heavy atom. The molecule has 1 aromatic carbocycles. The van der Waals surface area contributed by atoms with E-state index in [0.717, 1.165) is 30.0 Å². The first kappa shape index (κ1) is 14.7. The topological polar surface area (TPSA) is 83.5 Å². The van der Waals surface area contributed by atoms with Gasteiger partial charge in [0.25, 0.3) is 0 Å². The van der Waals surface area contributed by atoms with Crippen LogP contribution in [-0.2, 0) is 21.4 Å². The zero-order valence-corrected chi connectivity index (χ0v) is 11.8. The van der Waals surface area contributed by atoms with E-state index in [1.54, 1.807) is 24.3 Å². The van der Waals surface area contributed by atoms with Gasteiger partial charge in [-0.15, -0.1) is 0 Å². The summed E-state index contributed by atoms with van der Waals surface area (Å²) < 4.78 is 26.1. The number of hydrogen-bond acceptors (Lipinski definition) is 3. The van der Waals surface area contributed by atoms with Gasteiger partial charge in [0, 0.05) is 12.6 Å². The third-order valence-electron chi connectivity index (χ3n) is 3.02. The van der Waals surface area contributed by atoms with Crippen molar-refractivity contribution in [3.63, 3.8) is 0 Å². The van der Waals surface area contributed by atoms with Crippen molar-refractivity contribution >= 4 is 22.1 Å². The highest BCUT2D eigenvalue weighted by Crippen LogP contribution is 2.29. The van der Waals surface area contributed by atoms with Crippen molar-refractivity contribution in [2.45, 2.75) is 19.4 Å². The van der Waals surface area contributed by atoms with Crippen molar-refractivity contribution in [1.29, 1.82) is 0 Å². The number of hydrogen-bond donors (Lipinski definition) is 2. The summed E-state index contributed by atoms with van der Waals surface area (Å²) in [5.41, 5.74) is 1.53. The maximum atomic E-state index is 11.8. The van der Waals surface area contributed by atoms with Crippen molar-refractivity contribution in [2.24, 2.45) is 5.92 Å². The van der Waals surface area contributed by atoms with Crippen LogP contribution in [-0.4, -0.2) is 25.2 Å². The summed E-state index contributed by atoms with van der Waals surface area (Å²) in [6.07, 6.45) is 4.52. The van der Waals surface area contributed by atoms with E-state index in [4.69, 9.17) is 5.11 Å². The van der Waals surface area contributed by atoms with Gasteiger partial charge in [-0.05, 0) is 36.0 Å². The number of nitrogens with one attached hydrogen (secondary N) is 1. The predicted octanol–water partition coefficient (Wildman–Crippen LogP) is 1.61. The Bertz CT molecular complexity index is 618. The molecule has 1 fully saturated rings. The van der Waals surface area contributed by atoms with Gasteiger partial charge in [0.2, 0.25) is 10.0 Å². The molecular formula is C14H17NO4S. The molecule has 1 aromatic rings. The maximum absolute atomic E-state index is 11.8. The van der Waals surface area contributed by atoms with Crippen molar-refractivity contribution in [3.8, 4) is 0 Å². The Balaban J connectivity index is 1.95. The Kier molecular flexibility index (Phi) is 4.57. The van der Waals surface area contributed by atoms with E-state index in [9.17, 15) is 13.2 Å². The van der Waals surface area contributed by atoms with Crippen molar-refractivity contribution in [3.05, 3.63) is 41.5 Å². The lowest BCUT2D eigenvalue weighted by atomic mass is 10.1. The average molecular weight is 295 g/mol. The molecule has 2 N–H and O–H groups in total. The first-order chi connectivity index (χ1) is 9.44. The molecule has 0 saturated heterocycles. The van der Waals surface area contributed by atoms with Crippen LogP contribution in [0.3, 0.4) is 0 Å². The summed E-state index contributed by atoms with van der Waals surface area (Å²) in [7, 11) is -3.22. The Morgan fingerprint density at radius 3 is 2.80 bits per heavy atom. The second-order valence-electron chi connectivity index (χ2n) is 4.96. The Morgan fingerprint density at radius 1 is 1.40 bits per heavy atom. The zero-order valence-electron chi connectivity index (χ0n) is 11.0. The molecule has 0 unspecified atom stereocenters. The van der Waals surface area contributed by atoms with Crippen molar-refractivity contribution < 1.29 is 18.3 Å². The number of carboxylic acids is 1. The van der Waals surface area contributed by atoms with Crippen LogP contribution in [0.15, 0.2) is 30.3 Å². The van der Waals surface area contributed by atoms with Gasteiger partial charge in [-0.25, -0.2) is 17.9 Å². The molecule has 0 bridgehead atoms. The van der Waals surface area contributed by atoms with E-state index in [1.807, 2.05) is 0 Å². The molecular weight excluding hydrogens is 278 g/mol. The van der Waals surface area contributed by atoms with Gasteiger partial charge in [-0.2, -0.15) is 0 Å². The van der Waals surface area contributed by atoms with Crippen LogP contribution in [0.25, 0.3) is 6.08 Å². The van der Waals surface area contributed by atoms with Crippen LogP contribution >= 0.6 is 0 Å². The van der Waals surface area contributed by atoms with Gasteiger partial charge in [-0.1, -0.05) is 24.3 Å². The van der Waals surface area contributed by atoms with E-state index >= 15 is 0 Å². The minimum absolute atomic E-state index is 0.200. The molecule has 0 aromatic heterocycles. The minimum atomic E-state index is -3.22. The molecule has 0 spiro atoms. The van der Waals surface area contributed by atoms with Crippen LogP contribution in [0.4, 0.5) is 0 Å².